The zero-order chi connectivity index (χ0) is 17.9. The number of likely N-dealkylation sites (N-methyl/N-ethyl adjacent to an activating group) is 1. The van der Waals surface area contributed by atoms with Gasteiger partial charge >= 0.3 is 0 Å². The molecule has 0 radical (unpaired) electrons. The van der Waals surface area contributed by atoms with Crippen LogP contribution in [0.4, 0.5) is 0 Å². The summed E-state index contributed by atoms with van der Waals surface area (Å²) in [7, 11) is -1.81. The minimum Gasteiger partial charge on any atom is -0.338 e. The van der Waals surface area contributed by atoms with E-state index in [2.05, 4.69) is 0 Å². The molecule has 2 N–H and O–H groups in total. The Morgan fingerprint density at radius 1 is 1.32 bits per heavy atom. The lowest BCUT2D eigenvalue weighted by Gasteiger charge is -2.32. The Bertz CT molecular complexity index is 679. The number of carbonyl (C=O) groups is 1. The van der Waals surface area contributed by atoms with Crippen LogP contribution in [0.1, 0.15) is 43.5 Å². The minimum atomic E-state index is -3.51. The topological polar surface area (TPSA) is 83.7 Å². The molecule has 1 aliphatic rings. The van der Waals surface area contributed by atoms with Crippen LogP contribution >= 0.6 is 12.4 Å². The van der Waals surface area contributed by atoms with Crippen molar-refractivity contribution in [2.24, 2.45) is 5.73 Å². The molecule has 2 unspecified atom stereocenters. The number of amides is 1. The predicted molar refractivity (Wildman–Crippen MR) is 102 cm³/mol. The Hall–Kier alpha value is -1.15. The van der Waals surface area contributed by atoms with Gasteiger partial charge in [-0.1, -0.05) is 6.42 Å². The van der Waals surface area contributed by atoms with Crippen molar-refractivity contribution >= 4 is 28.3 Å². The molecule has 0 saturated carbocycles. The molecule has 2 rings (SSSR count). The third kappa shape index (κ3) is 4.73. The van der Waals surface area contributed by atoms with Crippen LogP contribution in [0.2, 0.25) is 0 Å². The first-order chi connectivity index (χ1) is 11.3. The molecule has 1 aromatic carbocycles. The van der Waals surface area contributed by atoms with Gasteiger partial charge in [0.1, 0.15) is 0 Å². The summed E-state index contributed by atoms with van der Waals surface area (Å²) in [6.45, 7) is 4.74. The molecule has 1 fully saturated rings. The van der Waals surface area contributed by atoms with Gasteiger partial charge in [0.25, 0.3) is 5.91 Å². The second-order valence-electron chi connectivity index (χ2n) is 6.49. The molecule has 1 heterocycles. The molecule has 0 aliphatic carbocycles. The lowest BCUT2D eigenvalue weighted by molar-refractivity contribution is 0.0748. The average molecular weight is 390 g/mol. The highest BCUT2D eigenvalue weighted by atomic mass is 35.5. The van der Waals surface area contributed by atoms with Crippen LogP contribution in [0.15, 0.2) is 29.2 Å². The smallest absolute Gasteiger partial charge is 0.253 e. The summed E-state index contributed by atoms with van der Waals surface area (Å²) in [4.78, 5) is 14.2. The van der Waals surface area contributed by atoms with E-state index in [0.29, 0.717) is 18.7 Å². The fourth-order valence-corrected chi connectivity index (χ4v) is 4.60. The van der Waals surface area contributed by atoms with Crippen molar-refractivity contribution < 1.29 is 13.2 Å². The van der Waals surface area contributed by atoms with Crippen molar-refractivity contribution in [1.29, 1.82) is 0 Å². The number of benzene rings is 1. The number of hydrogen-bond acceptors (Lipinski definition) is 4. The molecule has 25 heavy (non-hydrogen) atoms. The summed E-state index contributed by atoms with van der Waals surface area (Å²) in [5.41, 5.74) is 6.05. The Kier molecular flexibility index (Phi) is 7.87. The SMILES string of the molecule is CC(CN)N(C)C(=O)c1ccc(S(=O)(=O)N2CCCCC2C)cc1.Cl. The normalized spacial score (nSPS) is 19.8. The molecule has 8 heteroatoms. The van der Waals surface area contributed by atoms with E-state index in [1.165, 1.54) is 12.1 Å². The molecule has 0 bridgehead atoms. The van der Waals surface area contributed by atoms with E-state index >= 15 is 0 Å². The van der Waals surface area contributed by atoms with Gasteiger partial charge in [-0.3, -0.25) is 4.79 Å². The lowest BCUT2D eigenvalue weighted by Crippen LogP contribution is -2.42. The van der Waals surface area contributed by atoms with E-state index < -0.39 is 10.0 Å². The number of carbonyl (C=O) groups excluding carboxylic acids is 1. The van der Waals surface area contributed by atoms with Crippen molar-refractivity contribution in [3.63, 3.8) is 0 Å². The van der Waals surface area contributed by atoms with Crippen molar-refractivity contribution in [2.75, 3.05) is 20.1 Å². The van der Waals surface area contributed by atoms with E-state index in [4.69, 9.17) is 5.73 Å². The van der Waals surface area contributed by atoms with Crippen molar-refractivity contribution in [2.45, 2.75) is 50.1 Å². The molecule has 1 amide bonds. The van der Waals surface area contributed by atoms with Gasteiger partial charge in [0.05, 0.1) is 4.90 Å². The molecular formula is C17H28ClN3O3S. The first-order valence-electron chi connectivity index (χ1n) is 8.38. The van der Waals surface area contributed by atoms with E-state index in [-0.39, 0.29) is 35.3 Å². The first kappa shape index (κ1) is 21.9. The number of nitrogens with zero attached hydrogens (tertiary/aromatic N) is 2. The van der Waals surface area contributed by atoms with E-state index in [9.17, 15) is 13.2 Å². The summed E-state index contributed by atoms with van der Waals surface area (Å²) < 4.78 is 27.1. The van der Waals surface area contributed by atoms with Crippen molar-refractivity contribution in [3.05, 3.63) is 29.8 Å². The largest absolute Gasteiger partial charge is 0.338 e. The fraction of sp³-hybridized carbons (Fsp3) is 0.588. The highest BCUT2D eigenvalue weighted by Crippen LogP contribution is 2.25. The number of halogens is 1. The Morgan fingerprint density at radius 2 is 1.92 bits per heavy atom. The van der Waals surface area contributed by atoms with Crippen LogP contribution < -0.4 is 5.73 Å². The minimum absolute atomic E-state index is 0. The van der Waals surface area contributed by atoms with Crippen LogP contribution in [0, 0.1) is 0 Å². The Labute approximate surface area is 156 Å². The quantitative estimate of drug-likeness (QED) is 0.835. The fourth-order valence-electron chi connectivity index (χ4n) is 2.90. The van der Waals surface area contributed by atoms with Gasteiger partial charge in [-0.15, -0.1) is 12.4 Å². The van der Waals surface area contributed by atoms with Crippen molar-refractivity contribution in [1.82, 2.24) is 9.21 Å². The maximum Gasteiger partial charge on any atom is 0.253 e. The Balaban J connectivity index is 0.00000312. The number of hydrogen-bond donors (Lipinski definition) is 1. The van der Waals surface area contributed by atoms with Crippen LogP contribution in [-0.4, -0.2) is 55.8 Å². The van der Waals surface area contributed by atoms with Gasteiger partial charge in [-0.05, 0) is 51.0 Å². The maximum absolute atomic E-state index is 12.8. The summed E-state index contributed by atoms with van der Waals surface area (Å²) in [5.74, 6) is -0.164. The van der Waals surface area contributed by atoms with Crippen molar-refractivity contribution in [3.8, 4) is 0 Å². The Morgan fingerprint density at radius 3 is 2.44 bits per heavy atom. The summed E-state index contributed by atoms with van der Waals surface area (Å²) >= 11 is 0. The molecule has 0 spiro atoms. The molecule has 142 valence electrons. The summed E-state index contributed by atoms with van der Waals surface area (Å²) in [6, 6.07) is 6.12. The van der Waals surface area contributed by atoms with Crippen LogP contribution in [0.25, 0.3) is 0 Å². The second kappa shape index (κ2) is 8.98. The number of piperidine rings is 1. The molecular weight excluding hydrogens is 362 g/mol. The molecule has 1 saturated heterocycles. The van der Waals surface area contributed by atoms with Gasteiger partial charge in [-0.2, -0.15) is 4.31 Å². The van der Waals surface area contributed by atoms with Crippen LogP contribution in [0.3, 0.4) is 0 Å². The second-order valence-corrected chi connectivity index (χ2v) is 8.38. The molecule has 1 aromatic rings. The molecule has 1 aliphatic heterocycles. The lowest BCUT2D eigenvalue weighted by atomic mass is 10.1. The van der Waals surface area contributed by atoms with E-state index in [1.807, 2.05) is 13.8 Å². The number of rotatable bonds is 5. The van der Waals surface area contributed by atoms with Crippen LogP contribution in [0.5, 0.6) is 0 Å². The monoisotopic (exact) mass is 389 g/mol. The van der Waals surface area contributed by atoms with E-state index in [0.717, 1.165) is 19.3 Å². The van der Waals surface area contributed by atoms with Gasteiger partial charge in [0, 0.05) is 37.8 Å². The summed E-state index contributed by atoms with van der Waals surface area (Å²) in [5, 5.41) is 0. The van der Waals surface area contributed by atoms with Crippen LogP contribution in [-0.2, 0) is 10.0 Å². The highest BCUT2D eigenvalue weighted by Gasteiger charge is 2.31. The zero-order valence-electron chi connectivity index (χ0n) is 15.0. The molecule has 6 nitrogen and oxygen atoms in total. The molecule has 2 atom stereocenters. The predicted octanol–water partition coefficient (Wildman–Crippen LogP) is 2.09. The van der Waals surface area contributed by atoms with Gasteiger partial charge in [0.2, 0.25) is 10.0 Å². The van der Waals surface area contributed by atoms with Gasteiger partial charge in [-0.25, -0.2) is 8.42 Å². The maximum atomic E-state index is 12.8. The summed E-state index contributed by atoms with van der Waals surface area (Å²) in [6.07, 6.45) is 2.84. The van der Waals surface area contributed by atoms with Gasteiger partial charge in [0.15, 0.2) is 0 Å². The zero-order valence-corrected chi connectivity index (χ0v) is 16.6. The first-order valence-corrected chi connectivity index (χ1v) is 9.82. The number of nitrogens with two attached hydrogens (primary N) is 1. The third-order valence-electron chi connectivity index (χ3n) is 4.77. The number of sulfonamides is 1. The third-order valence-corrected chi connectivity index (χ3v) is 6.80. The standard InChI is InChI=1S/C17H27N3O3S.ClH/c1-13-6-4-5-11-20(13)24(22,23)16-9-7-15(8-10-16)17(21)19(3)14(2)12-18;/h7-10,13-14H,4-6,11-12,18H2,1-3H3;1H. The molecule has 0 aromatic heterocycles. The van der Waals surface area contributed by atoms with E-state index in [1.54, 1.807) is 28.4 Å². The van der Waals surface area contributed by atoms with Gasteiger partial charge < -0.3 is 10.6 Å². The highest BCUT2D eigenvalue weighted by molar-refractivity contribution is 7.89. The average Bonchev–Trinajstić information content (AvgIpc) is 2.60.